The maximum absolute atomic E-state index is 12.2. The van der Waals surface area contributed by atoms with E-state index in [1.165, 1.54) is 0 Å². The monoisotopic (exact) mass is 242 g/mol. The number of hydrogen-bond donors (Lipinski definition) is 0. The molecule has 17 heavy (non-hydrogen) atoms. The quantitative estimate of drug-likeness (QED) is 0.778. The zero-order chi connectivity index (χ0) is 12.5. The maximum atomic E-state index is 12.2. The summed E-state index contributed by atoms with van der Waals surface area (Å²) in [4.78, 5) is 11.0. The van der Waals surface area contributed by atoms with Crippen molar-refractivity contribution < 1.29 is 18.0 Å². The van der Waals surface area contributed by atoms with Gasteiger partial charge in [-0.3, -0.25) is 4.79 Å². The van der Waals surface area contributed by atoms with Crippen LogP contribution in [0.2, 0.25) is 0 Å². The Hall–Kier alpha value is -1.32. The molecule has 4 heteroatoms. The number of rotatable bonds is 2. The summed E-state index contributed by atoms with van der Waals surface area (Å²) in [6.07, 6.45) is -1.49. The van der Waals surface area contributed by atoms with Crippen LogP contribution in [0.15, 0.2) is 18.2 Å². The molecule has 1 aromatic rings. The number of aryl methyl sites for hydroxylation is 1. The molecule has 0 amide bonds. The summed E-state index contributed by atoms with van der Waals surface area (Å²) in [6, 6.07) is 5.31. The molecule has 1 aliphatic rings. The highest BCUT2D eigenvalue weighted by atomic mass is 19.4. The van der Waals surface area contributed by atoms with Crippen LogP contribution in [0.1, 0.15) is 29.5 Å². The fourth-order valence-electron chi connectivity index (χ4n) is 2.30. The minimum Gasteiger partial charge on any atom is -0.289 e. The van der Waals surface area contributed by atoms with Gasteiger partial charge in [-0.25, -0.2) is 0 Å². The predicted octanol–water partition coefficient (Wildman–Crippen LogP) is 3.24. The molecule has 0 atom stereocenters. The average Bonchev–Trinajstić information content (AvgIpc) is 2.28. The van der Waals surface area contributed by atoms with E-state index in [1.54, 1.807) is 12.1 Å². The molecule has 0 spiro atoms. The second-order valence-electron chi connectivity index (χ2n) is 4.36. The van der Waals surface area contributed by atoms with Crippen molar-refractivity contribution in [1.29, 1.82) is 0 Å². The molecule has 2 rings (SSSR count). The van der Waals surface area contributed by atoms with E-state index in [2.05, 4.69) is 0 Å². The number of fused-ring (bicyclic) bond motifs is 1. The number of carbonyl (C=O) groups is 1. The fraction of sp³-hybridized carbons (Fsp3) is 0.462. The molecule has 0 heterocycles. The molecule has 0 bridgehead atoms. The van der Waals surface area contributed by atoms with Gasteiger partial charge in [0.1, 0.15) is 0 Å². The first-order valence-electron chi connectivity index (χ1n) is 5.68. The van der Waals surface area contributed by atoms with E-state index in [4.69, 9.17) is 0 Å². The van der Waals surface area contributed by atoms with E-state index < -0.39 is 18.4 Å². The molecular formula is C13H13F3O. The Balaban J connectivity index is 2.25. The molecule has 0 saturated heterocycles. The van der Waals surface area contributed by atoms with Gasteiger partial charge in [0.25, 0.3) is 0 Å². The number of hydrogen-bond acceptors (Lipinski definition) is 1. The van der Waals surface area contributed by atoms with Crippen LogP contribution in [-0.2, 0) is 24.1 Å². The van der Waals surface area contributed by atoms with Crippen molar-refractivity contribution in [2.45, 2.75) is 38.3 Å². The van der Waals surface area contributed by atoms with E-state index in [9.17, 15) is 18.0 Å². The summed E-state index contributed by atoms with van der Waals surface area (Å²) in [5.74, 6) is -1.66. The van der Waals surface area contributed by atoms with Crippen LogP contribution in [0, 0.1) is 0 Å². The summed E-state index contributed by atoms with van der Waals surface area (Å²) in [5.41, 5.74) is 2.60. The Kier molecular flexibility index (Phi) is 3.22. The number of ketones is 1. The minimum atomic E-state index is -4.72. The smallest absolute Gasteiger partial charge is 0.289 e. The lowest BCUT2D eigenvalue weighted by Crippen LogP contribution is -2.25. The van der Waals surface area contributed by atoms with Crippen LogP contribution in [0.3, 0.4) is 0 Å². The third kappa shape index (κ3) is 2.68. The Bertz CT molecular complexity index is 435. The number of benzene rings is 1. The third-order valence-corrected chi connectivity index (χ3v) is 3.16. The minimum absolute atomic E-state index is 0.521. The summed E-state index contributed by atoms with van der Waals surface area (Å²) in [5, 5.41) is 0. The Morgan fingerprint density at radius 3 is 2.59 bits per heavy atom. The first kappa shape index (κ1) is 12.1. The van der Waals surface area contributed by atoms with Gasteiger partial charge in [0.15, 0.2) is 0 Å². The van der Waals surface area contributed by atoms with Gasteiger partial charge < -0.3 is 0 Å². The number of carbonyl (C=O) groups excluding carboxylic acids is 1. The van der Waals surface area contributed by atoms with Gasteiger partial charge in [0.05, 0.1) is 0 Å². The highest BCUT2D eigenvalue weighted by molar-refractivity contribution is 5.86. The second kappa shape index (κ2) is 4.51. The van der Waals surface area contributed by atoms with Crippen molar-refractivity contribution in [2.24, 2.45) is 0 Å². The maximum Gasteiger partial charge on any atom is 0.450 e. The molecule has 0 N–H and O–H groups in total. The van der Waals surface area contributed by atoms with Crippen molar-refractivity contribution in [1.82, 2.24) is 0 Å². The van der Waals surface area contributed by atoms with Crippen LogP contribution in [0.5, 0.6) is 0 Å². The van der Waals surface area contributed by atoms with Gasteiger partial charge in [0.2, 0.25) is 5.78 Å². The lowest BCUT2D eigenvalue weighted by atomic mass is 9.87. The second-order valence-corrected chi connectivity index (χ2v) is 4.36. The van der Waals surface area contributed by atoms with Crippen LogP contribution >= 0.6 is 0 Å². The lowest BCUT2D eigenvalue weighted by Gasteiger charge is -2.19. The summed E-state index contributed by atoms with van der Waals surface area (Å²) < 4.78 is 36.7. The zero-order valence-corrected chi connectivity index (χ0v) is 9.31. The Morgan fingerprint density at radius 2 is 1.88 bits per heavy atom. The summed E-state index contributed by atoms with van der Waals surface area (Å²) >= 11 is 0. The molecule has 92 valence electrons. The molecule has 0 saturated carbocycles. The SMILES string of the molecule is O=C(Cc1cccc2c1CCCC2)C(F)(F)F. The zero-order valence-electron chi connectivity index (χ0n) is 9.31. The molecule has 0 unspecified atom stereocenters. The van der Waals surface area contributed by atoms with E-state index in [0.29, 0.717) is 5.56 Å². The van der Waals surface area contributed by atoms with E-state index >= 15 is 0 Å². The van der Waals surface area contributed by atoms with Crippen LogP contribution in [0.25, 0.3) is 0 Å². The lowest BCUT2D eigenvalue weighted by molar-refractivity contribution is -0.170. The average molecular weight is 242 g/mol. The molecule has 1 aromatic carbocycles. The fourth-order valence-corrected chi connectivity index (χ4v) is 2.30. The third-order valence-electron chi connectivity index (χ3n) is 3.16. The van der Waals surface area contributed by atoms with E-state index in [-0.39, 0.29) is 0 Å². The molecule has 0 aromatic heterocycles. The highest BCUT2D eigenvalue weighted by Gasteiger charge is 2.38. The van der Waals surface area contributed by atoms with Crippen molar-refractivity contribution in [2.75, 3.05) is 0 Å². The van der Waals surface area contributed by atoms with Crippen molar-refractivity contribution in [3.05, 3.63) is 34.9 Å². The van der Waals surface area contributed by atoms with E-state index in [1.807, 2.05) is 6.07 Å². The van der Waals surface area contributed by atoms with Crippen molar-refractivity contribution in [3.63, 3.8) is 0 Å². The van der Waals surface area contributed by atoms with Gasteiger partial charge in [-0.1, -0.05) is 18.2 Å². The first-order chi connectivity index (χ1) is 7.98. The van der Waals surface area contributed by atoms with Crippen LogP contribution in [0.4, 0.5) is 13.2 Å². The standard InChI is InChI=1S/C13H13F3O/c14-13(15,16)12(17)8-10-6-3-5-9-4-1-2-7-11(9)10/h3,5-6H,1-2,4,7-8H2. The van der Waals surface area contributed by atoms with E-state index in [0.717, 1.165) is 36.8 Å². The van der Waals surface area contributed by atoms with Gasteiger partial charge in [-0.05, 0) is 42.4 Å². The first-order valence-corrected chi connectivity index (χ1v) is 5.68. The number of Topliss-reactive ketones (excluding diaryl/α,β-unsaturated/α-hetero) is 1. The van der Waals surface area contributed by atoms with Gasteiger partial charge >= 0.3 is 6.18 Å². The van der Waals surface area contributed by atoms with Crippen LogP contribution < -0.4 is 0 Å². The number of alkyl halides is 3. The van der Waals surface area contributed by atoms with Crippen molar-refractivity contribution in [3.8, 4) is 0 Å². The molecule has 1 nitrogen and oxygen atoms in total. The normalized spacial score (nSPS) is 15.5. The molecule has 1 aliphatic carbocycles. The predicted molar refractivity (Wildman–Crippen MR) is 57.9 cm³/mol. The Labute approximate surface area is 97.6 Å². The van der Waals surface area contributed by atoms with Gasteiger partial charge in [-0.2, -0.15) is 13.2 Å². The van der Waals surface area contributed by atoms with Crippen LogP contribution in [-0.4, -0.2) is 12.0 Å². The number of halogens is 3. The Morgan fingerprint density at radius 1 is 1.18 bits per heavy atom. The van der Waals surface area contributed by atoms with Crippen molar-refractivity contribution >= 4 is 5.78 Å². The molecule has 0 radical (unpaired) electrons. The molecular weight excluding hydrogens is 229 g/mol. The highest BCUT2D eigenvalue weighted by Crippen LogP contribution is 2.27. The summed E-state index contributed by atoms with van der Waals surface area (Å²) in [6.45, 7) is 0. The summed E-state index contributed by atoms with van der Waals surface area (Å²) in [7, 11) is 0. The largest absolute Gasteiger partial charge is 0.450 e. The van der Waals surface area contributed by atoms with Gasteiger partial charge in [0, 0.05) is 6.42 Å². The molecule has 0 fully saturated rings. The topological polar surface area (TPSA) is 17.1 Å². The van der Waals surface area contributed by atoms with Gasteiger partial charge in [-0.15, -0.1) is 0 Å². The molecule has 0 aliphatic heterocycles.